The monoisotopic (exact) mass is 447 g/mol. The highest BCUT2D eigenvalue weighted by Gasteiger charge is 2.13. The fourth-order valence-electron chi connectivity index (χ4n) is 1.72. The Hall–Kier alpha value is -0.520. The van der Waals surface area contributed by atoms with Crippen LogP contribution in [-0.4, -0.2) is 5.78 Å². The summed E-state index contributed by atoms with van der Waals surface area (Å²) < 4.78 is 3.69. The zero-order chi connectivity index (χ0) is 13.1. The molecule has 0 spiro atoms. The molecule has 0 bridgehead atoms. The third-order valence-electron chi connectivity index (χ3n) is 2.52. The van der Waals surface area contributed by atoms with Gasteiger partial charge in [0.2, 0.25) is 12.3 Å². The fourth-order valence-corrected chi connectivity index (χ4v) is 3.02. The number of Topliss-reactive ketones (excluding diaryl/α,β-unsaturated/α-hetero) is 1. The molecule has 0 amide bonds. The van der Waals surface area contributed by atoms with Gasteiger partial charge in [-0.15, -0.1) is 0 Å². The van der Waals surface area contributed by atoms with Crippen LogP contribution < -0.4 is 21.5 Å². The molecule has 19 heavy (non-hydrogen) atoms. The molecule has 0 atom stereocenters. The van der Waals surface area contributed by atoms with Crippen molar-refractivity contribution in [1.82, 2.24) is 0 Å². The fraction of sp³-hybridized carbons (Fsp3) is 0.143. The molecule has 0 fully saturated rings. The van der Waals surface area contributed by atoms with E-state index in [-0.39, 0.29) is 22.8 Å². The molecular weight excluding hydrogens is 438 g/mol. The first-order valence-electron chi connectivity index (χ1n) is 5.49. The second-order valence-corrected chi connectivity index (χ2v) is 5.97. The van der Waals surface area contributed by atoms with Gasteiger partial charge in [0.05, 0.1) is 0 Å². The minimum Gasteiger partial charge on any atom is -1.00 e. The third kappa shape index (κ3) is 4.82. The predicted molar refractivity (Wildman–Crippen MR) is 77.5 cm³/mol. The standard InChI is InChI=1S/C14H12Br2NO.BrH/c1-10-3-2-4-17(8-10)9-14(18)11-5-12(15)7-13(16)6-11;/h2-8H,9H2,1H3;1H/q+1;/p-1. The van der Waals surface area contributed by atoms with Gasteiger partial charge in [0.1, 0.15) is 0 Å². The van der Waals surface area contributed by atoms with Gasteiger partial charge in [0, 0.05) is 26.1 Å². The average Bonchev–Trinajstić information content (AvgIpc) is 2.27. The minimum absolute atomic E-state index is 0. The third-order valence-corrected chi connectivity index (χ3v) is 3.43. The van der Waals surface area contributed by atoms with E-state index in [2.05, 4.69) is 31.9 Å². The van der Waals surface area contributed by atoms with E-state index in [9.17, 15) is 4.79 Å². The number of aryl methyl sites for hydroxylation is 1. The Morgan fingerprint density at radius 3 is 2.42 bits per heavy atom. The van der Waals surface area contributed by atoms with Gasteiger partial charge in [-0.2, -0.15) is 4.57 Å². The highest BCUT2D eigenvalue weighted by Crippen LogP contribution is 2.20. The molecule has 1 aromatic heterocycles. The number of carbonyl (C=O) groups is 1. The highest BCUT2D eigenvalue weighted by atomic mass is 79.9. The summed E-state index contributed by atoms with van der Waals surface area (Å²) in [5.74, 6) is 0.0904. The van der Waals surface area contributed by atoms with Gasteiger partial charge in [0.15, 0.2) is 12.4 Å². The number of nitrogens with zero attached hydrogens (tertiary/aromatic N) is 1. The lowest BCUT2D eigenvalue weighted by Crippen LogP contribution is -3.00. The van der Waals surface area contributed by atoms with E-state index in [1.54, 1.807) is 0 Å². The Kier molecular flexibility index (Phi) is 6.36. The molecule has 0 aliphatic rings. The van der Waals surface area contributed by atoms with Crippen LogP contribution in [0.1, 0.15) is 15.9 Å². The zero-order valence-corrected chi connectivity index (χ0v) is 15.0. The van der Waals surface area contributed by atoms with Gasteiger partial charge in [-0.25, -0.2) is 0 Å². The van der Waals surface area contributed by atoms with Gasteiger partial charge in [0.25, 0.3) is 0 Å². The smallest absolute Gasteiger partial charge is 0.227 e. The summed E-state index contributed by atoms with van der Waals surface area (Å²) in [6.45, 7) is 2.36. The molecule has 1 aromatic carbocycles. The summed E-state index contributed by atoms with van der Waals surface area (Å²) in [6.07, 6.45) is 3.86. The topological polar surface area (TPSA) is 20.9 Å². The maximum Gasteiger partial charge on any atom is 0.227 e. The van der Waals surface area contributed by atoms with Crippen LogP contribution in [-0.2, 0) is 6.54 Å². The summed E-state index contributed by atoms with van der Waals surface area (Å²) in [4.78, 5) is 12.2. The van der Waals surface area contributed by atoms with E-state index in [0.717, 1.165) is 14.5 Å². The Labute approximate surface area is 139 Å². The molecule has 2 rings (SSSR count). The van der Waals surface area contributed by atoms with Crippen molar-refractivity contribution >= 4 is 37.6 Å². The van der Waals surface area contributed by atoms with Gasteiger partial charge in [-0.05, 0) is 31.2 Å². The molecule has 1 heterocycles. The van der Waals surface area contributed by atoms with Crippen molar-refractivity contribution in [3.05, 3.63) is 62.8 Å². The van der Waals surface area contributed by atoms with Gasteiger partial charge >= 0.3 is 0 Å². The summed E-state index contributed by atoms with van der Waals surface area (Å²) in [6, 6.07) is 9.54. The van der Waals surface area contributed by atoms with Crippen LogP contribution in [0.2, 0.25) is 0 Å². The first kappa shape index (κ1) is 16.5. The van der Waals surface area contributed by atoms with Crippen LogP contribution in [0.25, 0.3) is 0 Å². The molecule has 0 saturated carbocycles. The number of benzene rings is 1. The zero-order valence-electron chi connectivity index (χ0n) is 10.2. The molecule has 0 radical (unpaired) electrons. The molecule has 0 saturated heterocycles. The maximum atomic E-state index is 12.2. The van der Waals surface area contributed by atoms with Crippen molar-refractivity contribution in [1.29, 1.82) is 0 Å². The first-order valence-corrected chi connectivity index (χ1v) is 7.08. The van der Waals surface area contributed by atoms with Gasteiger partial charge in [-0.1, -0.05) is 31.9 Å². The number of hydrogen-bond acceptors (Lipinski definition) is 1. The van der Waals surface area contributed by atoms with Crippen LogP contribution in [0.5, 0.6) is 0 Å². The van der Waals surface area contributed by atoms with Crippen molar-refractivity contribution in [3.8, 4) is 0 Å². The summed E-state index contributed by atoms with van der Waals surface area (Å²) in [5, 5.41) is 0. The second-order valence-electron chi connectivity index (χ2n) is 4.13. The van der Waals surface area contributed by atoms with E-state index in [1.165, 1.54) is 0 Å². The Morgan fingerprint density at radius 1 is 1.21 bits per heavy atom. The van der Waals surface area contributed by atoms with Crippen molar-refractivity contribution in [3.63, 3.8) is 0 Å². The largest absolute Gasteiger partial charge is 1.00 e. The quantitative estimate of drug-likeness (QED) is 0.499. The lowest BCUT2D eigenvalue weighted by Gasteiger charge is -2.01. The number of ketones is 1. The molecule has 0 aliphatic heterocycles. The second kappa shape index (κ2) is 7.31. The number of pyridine rings is 1. The number of aromatic nitrogens is 1. The number of halogens is 3. The predicted octanol–water partition coefficient (Wildman–Crippen LogP) is 0.694. The van der Waals surface area contributed by atoms with E-state index >= 15 is 0 Å². The number of hydrogen-bond donors (Lipinski definition) is 0. The van der Waals surface area contributed by atoms with E-state index in [0.29, 0.717) is 12.1 Å². The van der Waals surface area contributed by atoms with Crippen molar-refractivity contribution in [2.45, 2.75) is 13.5 Å². The normalized spacial score (nSPS) is 9.84. The molecule has 2 aromatic rings. The van der Waals surface area contributed by atoms with Crippen LogP contribution in [0.4, 0.5) is 0 Å². The molecule has 2 nitrogen and oxygen atoms in total. The molecule has 0 aliphatic carbocycles. The molecular formula is C14H12Br3NO. The van der Waals surface area contributed by atoms with Crippen molar-refractivity contribution in [2.75, 3.05) is 0 Å². The highest BCUT2D eigenvalue weighted by molar-refractivity contribution is 9.11. The molecule has 0 N–H and O–H groups in total. The number of carbonyl (C=O) groups excluding carboxylic acids is 1. The molecule has 0 unspecified atom stereocenters. The first-order chi connectivity index (χ1) is 8.54. The van der Waals surface area contributed by atoms with Crippen LogP contribution in [0, 0.1) is 6.92 Å². The minimum atomic E-state index is 0. The summed E-state index contributed by atoms with van der Waals surface area (Å²) in [7, 11) is 0. The maximum absolute atomic E-state index is 12.2. The molecule has 100 valence electrons. The average molecular weight is 450 g/mol. The van der Waals surface area contributed by atoms with Crippen molar-refractivity contribution < 1.29 is 26.3 Å². The van der Waals surface area contributed by atoms with Crippen molar-refractivity contribution in [2.24, 2.45) is 0 Å². The molecule has 5 heteroatoms. The van der Waals surface area contributed by atoms with Crippen LogP contribution >= 0.6 is 31.9 Å². The van der Waals surface area contributed by atoms with E-state index < -0.39 is 0 Å². The lowest BCUT2D eigenvalue weighted by molar-refractivity contribution is -0.683. The lowest BCUT2D eigenvalue weighted by atomic mass is 10.1. The number of rotatable bonds is 3. The van der Waals surface area contributed by atoms with Crippen LogP contribution in [0.15, 0.2) is 51.7 Å². The van der Waals surface area contributed by atoms with Crippen LogP contribution in [0.3, 0.4) is 0 Å². The van der Waals surface area contributed by atoms with E-state index in [1.807, 2.05) is 54.2 Å². The summed E-state index contributed by atoms with van der Waals surface area (Å²) in [5.41, 5.74) is 1.84. The van der Waals surface area contributed by atoms with Gasteiger partial charge < -0.3 is 17.0 Å². The van der Waals surface area contributed by atoms with Gasteiger partial charge in [-0.3, -0.25) is 4.79 Å². The summed E-state index contributed by atoms with van der Waals surface area (Å²) >= 11 is 6.78. The Bertz CT molecular complexity index is 579. The Morgan fingerprint density at radius 2 is 1.84 bits per heavy atom. The SMILES string of the molecule is Cc1ccc[n+](CC(=O)c2cc(Br)cc(Br)c2)c1.[Br-]. The van der Waals surface area contributed by atoms with E-state index in [4.69, 9.17) is 0 Å². The Balaban J connectivity index is 0.00000180.